The molecule has 0 aliphatic rings. The van der Waals surface area contributed by atoms with Gasteiger partial charge in [0.05, 0.1) is 19.0 Å². The number of benzene rings is 1. The third-order valence-electron chi connectivity index (χ3n) is 3.12. The molecule has 0 aliphatic heterocycles. The average Bonchev–Trinajstić information content (AvgIpc) is 2.56. The first-order valence-corrected chi connectivity index (χ1v) is 8.40. The molecule has 0 atom stereocenters. The van der Waals surface area contributed by atoms with E-state index in [9.17, 15) is 8.42 Å². The number of ether oxygens (including phenoxy) is 2. The van der Waals surface area contributed by atoms with E-state index in [4.69, 9.17) is 9.47 Å². The van der Waals surface area contributed by atoms with E-state index in [0.29, 0.717) is 23.9 Å². The molecule has 0 spiro atoms. The van der Waals surface area contributed by atoms with Gasteiger partial charge in [-0.2, -0.15) is 12.7 Å². The Balaban J connectivity index is 2.04. The lowest BCUT2D eigenvalue weighted by atomic mass is 10.3. The first-order chi connectivity index (χ1) is 10.9. The monoisotopic (exact) mass is 337 g/mol. The topological polar surface area (TPSA) is 80.8 Å². The Bertz CT molecular complexity index is 730. The molecule has 8 heteroatoms. The summed E-state index contributed by atoms with van der Waals surface area (Å²) >= 11 is 0. The molecule has 2 aromatic rings. The summed E-state index contributed by atoms with van der Waals surface area (Å²) in [5.74, 6) is 1.70. The van der Waals surface area contributed by atoms with E-state index >= 15 is 0 Å². The first kappa shape index (κ1) is 17.0. The number of rotatable bonds is 7. The van der Waals surface area contributed by atoms with Crippen molar-refractivity contribution in [3.8, 4) is 17.4 Å². The summed E-state index contributed by atoms with van der Waals surface area (Å²) in [5, 5.41) is 0. The van der Waals surface area contributed by atoms with E-state index in [-0.39, 0.29) is 0 Å². The lowest BCUT2D eigenvalue weighted by Gasteiger charge is -2.16. The number of nitrogens with one attached hydrogen (secondary N) is 1. The Morgan fingerprint density at radius 3 is 2.30 bits per heavy atom. The molecule has 1 N–H and O–H groups in total. The fourth-order valence-corrected chi connectivity index (χ4v) is 2.58. The van der Waals surface area contributed by atoms with Crippen molar-refractivity contribution in [2.45, 2.75) is 6.92 Å². The van der Waals surface area contributed by atoms with E-state index in [0.717, 1.165) is 5.75 Å². The molecule has 7 nitrogen and oxygen atoms in total. The first-order valence-electron chi connectivity index (χ1n) is 6.96. The van der Waals surface area contributed by atoms with Crippen molar-refractivity contribution < 1.29 is 17.9 Å². The Labute approximate surface area is 136 Å². The second-order valence-electron chi connectivity index (χ2n) is 4.68. The number of anilines is 1. The van der Waals surface area contributed by atoms with Crippen molar-refractivity contribution in [1.29, 1.82) is 0 Å². The second kappa shape index (κ2) is 7.30. The molecule has 2 rings (SSSR count). The average molecular weight is 337 g/mol. The molecular formula is C15H19N3O4S. The fourth-order valence-electron chi connectivity index (χ4n) is 1.66. The van der Waals surface area contributed by atoms with Gasteiger partial charge in [-0.15, -0.1) is 0 Å². The minimum Gasteiger partial charge on any atom is -0.497 e. The van der Waals surface area contributed by atoms with E-state index in [2.05, 4.69) is 9.71 Å². The number of hydrogen-bond donors (Lipinski definition) is 1. The van der Waals surface area contributed by atoms with Gasteiger partial charge in [0, 0.05) is 19.7 Å². The number of nitrogens with zero attached hydrogens (tertiary/aromatic N) is 2. The molecule has 0 fully saturated rings. The maximum Gasteiger partial charge on any atom is 0.301 e. The van der Waals surface area contributed by atoms with Gasteiger partial charge in [0.25, 0.3) is 0 Å². The lowest BCUT2D eigenvalue weighted by Crippen LogP contribution is -2.32. The van der Waals surface area contributed by atoms with Gasteiger partial charge < -0.3 is 9.47 Å². The van der Waals surface area contributed by atoms with Crippen molar-refractivity contribution in [3.63, 3.8) is 0 Å². The van der Waals surface area contributed by atoms with Crippen LogP contribution in [0.1, 0.15) is 6.92 Å². The molecule has 0 bridgehead atoms. The van der Waals surface area contributed by atoms with Gasteiger partial charge >= 0.3 is 10.2 Å². The van der Waals surface area contributed by atoms with Crippen LogP contribution in [0.25, 0.3) is 0 Å². The summed E-state index contributed by atoms with van der Waals surface area (Å²) in [7, 11) is -0.467. The molecule has 0 saturated carbocycles. The molecule has 124 valence electrons. The van der Waals surface area contributed by atoms with Gasteiger partial charge in [0.1, 0.15) is 11.5 Å². The van der Waals surface area contributed by atoms with Crippen LogP contribution in [0.3, 0.4) is 0 Å². The zero-order chi connectivity index (χ0) is 16.9. The van der Waals surface area contributed by atoms with E-state index in [1.54, 1.807) is 50.4 Å². The standard InChI is InChI=1S/C15H19N3O4S/c1-4-18(2)23(19,20)17-12-5-10-15(16-11-12)22-14-8-6-13(21-3)7-9-14/h5-11,17H,4H2,1-3H3. The Morgan fingerprint density at radius 2 is 1.78 bits per heavy atom. The highest BCUT2D eigenvalue weighted by molar-refractivity contribution is 7.90. The van der Waals surface area contributed by atoms with Gasteiger partial charge in [-0.05, 0) is 30.3 Å². The summed E-state index contributed by atoms with van der Waals surface area (Å²) in [5.41, 5.74) is 0.368. The van der Waals surface area contributed by atoms with Crippen LogP contribution in [0.4, 0.5) is 5.69 Å². The largest absolute Gasteiger partial charge is 0.497 e. The molecule has 0 amide bonds. The van der Waals surface area contributed by atoms with Gasteiger partial charge in [-0.3, -0.25) is 4.72 Å². The fraction of sp³-hybridized carbons (Fsp3) is 0.267. The molecule has 0 aliphatic carbocycles. The van der Waals surface area contributed by atoms with Crippen LogP contribution < -0.4 is 14.2 Å². The van der Waals surface area contributed by atoms with Crippen molar-refractivity contribution in [1.82, 2.24) is 9.29 Å². The van der Waals surface area contributed by atoms with Gasteiger partial charge in [-0.25, -0.2) is 4.98 Å². The number of pyridine rings is 1. The third-order valence-corrected chi connectivity index (χ3v) is 4.69. The third kappa shape index (κ3) is 4.57. The number of hydrogen-bond acceptors (Lipinski definition) is 5. The second-order valence-corrected chi connectivity index (χ2v) is 6.46. The highest BCUT2D eigenvalue weighted by Gasteiger charge is 2.15. The van der Waals surface area contributed by atoms with Gasteiger partial charge in [0.15, 0.2) is 0 Å². The van der Waals surface area contributed by atoms with Crippen molar-refractivity contribution in [2.75, 3.05) is 25.4 Å². The summed E-state index contributed by atoms with van der Waals surface area (Å²) in [6.45, 7) is 2.13. The van der Waals surface area contributed by atoms with Crippen LogP contribution >= 0.6 is 0 Å². The highest BCUT2D eigenvalue weighted by Crippen LogP contribution is 2.23. The van der Waals surface area contributed by atoms with Gasteiger partial charge in [-0.1, -0.05) is 6.92 Å². The molecule has 0 unspecified atom stereocenters. The number of methoxy groups -OCH3 is 1. The lowest BCUT2D eigenvalue weighted by molar-refractivity contribution is 0.412. The van der Waals surface area contributed by atoms with Crippen LogP contribution in [-0.2, 0) is 10.2 Å². The minimum absolute atomic E-state index is 0.363. The predicted octanol–water partition coefficient (Wildman–Crippen LogP) is 2.49. The molecule has 1 aromatic heterocycles. The smallest absolute Gasteiger partial charge is 0.301 e. The zero-order valence-electron chi connectivity index (χ0n) is 13.2. The normalized spacial score (nSPS) is 11.3. The number of aromatic nitrogens is 1. The van der Waals surface area contributed by atoms with Crippen LogP contribution in [0.2, 0.25) is 0 Å². The minimum atomic E-state index is -3.55. The SMILES string of the molecule is CCN(C)S(=O)(=O)Nc1ccc(Oc2ccc(OC)cc2)nc1. The zero-order valence-corrected chi connectivity index (χ0v) is 14.0. The maximum absolute atomic E-state index is 11.9. The van der Waals surface area contributed by atoms with Crippen LogP contribution in [0.5, 0.6) is 17.4 Å². The van der Waals surface area contributed by atoms with Crippen molar-refractivity contribution >= 4 is 15.9 Å². The van der Waals surface area contributed by atoms with Crippen LogP contribution in [0, 0.1) is 0 Å². The molecule has 0 radical (unpaired) electrons. The summed E-state index contributed by atoms with van der Waals surface area (Å²) in [6, 6.07) is 10.2. The maximum atomic E-state index is 11.9. The van der Waals surface area contributed by atoms with E-state index in [1.165, 1.54) is 17.5 Å². The predicted molar refractivity (Wildman–Crippen MR) is 88.2 cm³/mol. The van der Waals surface area contributed by atoms with Gasteiger partial charge in [0.2, 0.25) is 5.88 Å². The van der Waals surface area contributed by atoms with Crippen molar-refractivity contribution in [2.24, 2.45) is 0 Å². The Hall–Kier alpha value is -2.32. The molecule has 1 aromatic carbocycles. The Kier molecular flexibility index (Phi) is 5.41. The quantitative estimate of drug-likeness (QED) is 0.839. The summed E-state index contributed by atoms with van der Waals surface area (Å²) < 4.78 is 38.1. The molecule has 23 heavy (non-hydrogen) atoms. The molecule has 1 heterocycles. The summed E-state index contributed by atoms with van der Waals surface area (Å²) in [6.07, 6.45) is 1.40. The highest BCUT2D eigenvalue weighted by atomic mass is 32.2. The van der Waals surface area contributed by atoms with Crippen LogP contribution in [0.15, 0.2) is 42.6 Å². The van der Waals surface area contributed by atoms with Crippen molar-refractivity contribution in [3.05, 3.63) is 42.6 Å². The van der Waals surface area contributed by atoms with E-state index in [1.807, 2.05) is 0 Å². The summed E-state index contributed by atoms with van der Waals surface area (Å²) in [4.78, 5) is 4.09. The van der Waals surface area contributed by atoms with E-state index < -0.39 is 10.2 Å². The Morgan fingerprint density at radius 1 is 1.13 bits per heavy atom. The molecular weight excluding hydrogens is 318 g/mol. The molecule has 0 saturated heterocycles. The van der Waals surface area contributed by atoms with Crippen LogP contribution in [-0.4, -0.2) is 38.4 Å².